The average molecular weight is 356 g/mol. The van der Waals surface area contributed by atoms with Crippen molar-refractivity contribution < 1.29 is 19.1 Å². The monoisotopic (exact) mass is 356 g/mol. The van der Waals surface area contributed by atoms with Gasteiger partial charge in [-0.1, -0.05) is 25.5 Å². The molecule has 3 fully saturated rings. The summed E-state index contributed by atoms with van der Waals surface area (Å²) in [7, 11) is 0. The van der Waals surface area contributed by atoms with E-state index in [2.05, 4.69) is 6.92 Å². The molecule has 0 aromatic heterocycles. The molecule has 0 unspecified atom stereocenters. The molecule has 0 bridgehead atoms. The van der Waals surface area contributed by atoms with Crippen LogP contribution in [-0.4, -0.2) is 24.1 Å². The van der Waals surface area contributed by atoms with Crippen LogP contribution in [-0.2, 0) is 19.1 Å². The summed E-state index contributed by atoms with van der Waals surface area (Å²) in [5.41, 5.74) is 0.607. The molecule has 0 spiro atoms. The van der Waals surface area contributed by atoms with E-state index in [0.717, 1.165) is 37.7 Å². The summed E-state index contributed by atoms with van der Waals surface area (Å²) in [6.07, 6.45) is 11.3. The fourth-order valence-electron chi connectivity index (χ4n) is 6.33. The van der Waals surface area contributed by atoms with Crippen molar-refractivity contribution in [3.05, 3.63) is 23.8 Å². The smallest absolute Gasteiger partial charge is 0.305 e. The highest BCUT2D eigenvalue weighted by molar-refractivity contribution is 6.01. The van der Waals surface area contributed by atoms with Gasteiger partial charge >= 0.3 is 5.97 Å². The van der Waals surface area contributed by atoms with E-state index in [4.69, 9.17) is 4.74 Å². The van der Waals surface area contributed by atoms with Crippen LogP contribution in [0.3, 0.4) is 0 Å². The Morgan fingerprint density at radius 1 is 1.19 bits per heavy atom. The summed E-state index contributed by atoms with van der Waals surface area (Å²) < 4.78 is 5.62. The van der Waals surface area contributed by atoms with Crippen molar-refractivity contribution in [3.8, 4) is 0 Å². The van der Waals surface area contributed by atoms with E-state index < -0.39 is 0 Å². The van der Waals surface area contributed by atoms with Crippen LogP contribution < -0.4 is 0 Å². The number of rotatable bonds is 3. The molecule has 4 aliphatic rings. The lowest BCUT2D eigenvalue weighted by Gasteiger charge is -2.56. The van der Waals surface area contributed by atoms with Gasteiger partial charge in [0, 0.05) is 23.7 Å². The minimum Gasteiger partial charge on any atom is -0.464 e. The number of esters is 1. The molecule has 0 aromatic carbocycles. The molecule has 5 atom stereocenters. The highest BCUT2D eigenvalue weighted by atomic mass is 16.5. The van der Waals surface area contributed by atoms with Crippen LogP contribution >= 0.6 is 0 Å². The Balaban J connectivity index is 1.69. The third kappa shape index (κ3) is 2.44. The Bertz CT molecular complexity index is 718. The molecule has 0 aromatic rings. The highest BCUT2D eigenvalue weighted by Gasteiger charge is 2.59. The summed E-state index contributed by atoms with van der Waals surface area (Å²) in [6.45, 7) is 4.29. The van der Waals surface area contributed by atoms with Crippen LogP contribution in [0, 0.1) is 28.6 Å². The van der Waals surface area contributed by atoms with E-state index in [1.807, 2.05) is 6.08 Å². The van der Waals surface area contributed by atoms with E-state index in [9.17, 15) is 14.4 Å². The van der Waals surface area contributed by atoms with Crippen molar-refractivity contribution in [2.24, 2.45) is 28.6 Å². The maximum Gasteiger partial charge on any atom is 0.305 e. The Kier molecular flexibility index (Phi) is 4.20. The van der Waals surface area contributed by atoms with E-state index >= 15 is 0 Å². The molecule has 26 heavy (non-hydrogen) atoms. The van der Waals surface area contributed by atoms with Crippen molar-refractivity contribution in [1.29, 1.82) is 0 Å². The molecule has 0 N–H and O–H groups in total. The fraction of sp³-hybridized carbons (Fsp3) is 0.682. The van der Waals surface area contributed by atoms with E-state index in [1.165, 1.54) is 0 Å². The van der Waals surface area contributed by atoms with Crippen LogP contribution in [0.5, 0.6) is 0 Å². The average Bonchev–Trinajstić information content (AvgIpc) is 2.94. The first-order valence-electron chi connectivity index (χ1n) is 10.0. The zero-order valence-electron chi connectivity index (χ0n) is 15.8. The van der Waals surface area contributed by atoms with Gasteiger partial charge in [-0.25, -0.2) is 0 Å². The fourth-order valence-corrected chi connectivity index (χ4v) is 6.33. The summed E-state index contributed by atoms with van der Waals surface area (Å²) in [4.78, 5) is 36.3. The second-order valence-corrected chi connectivity index (χ2v) is 8.79. The minimum absolute atomic E-state index is 0.0348. The highest BCUT2D eigenvalue weighted by Crippen LogP contribution is 2.63. The number of hydrogen-bond donors (Lipinski definition) is 0. The molecule has 4 nitrogen and oxygen atoms in total. The van der Waals surface area contributed by atoms with Gasteiger partial charge in [0.25, 0.3) is 0 Å². The van der Waals surface area contributed by atoms with E-state index in [0.29, 0.717) is 43.0 Å². The second kappa shape index (κ2) is 6.17. The largest absolute Gasteiger partial charge is 0.464 e. The maximum absolute atomic E-state index is 12.5. The van der Waals surface area contributed by atoms with Crippen molar-refractivity contribution in [2.45, 2.75) is 58.8 Å². The number of hydrogen-bond acceptors (Lipinski definition) is 4. The van der Waals surface area contributed by atoms with E-state index in [-0.39, 0.29) is 22.6 Å². The molecule has 0 saturated heterocycles. The third-order valence-corrected chi connectivity index (χ3v) is 7.77. The number of carbonyl (C=O) groups is 3. The van der Waals surface area contributed by atoms with Crippen LogP contribution in [0.4, 0.5) is 0 Å². The van der Waals surface area contributed by atoms with Gasteiger partial charge in [0.15, 0.2) is 5.78 Å². The first kappa shape index (κ1) is 17.7. The number of fused-ring (bicyclic) bond motifs is 5. The van der Waals surface area contributed by atoms with Crippen LogP contribution in [0.2, 0.25) is 0 Å². The topological polar surface area (TPSA) is 60.4 Å². The lowest BCUT2D eigenvalue weighted by molar-refractivity contribution is -0.148. The van der Waals surface area contributed by atoms with Crippen LogP contribution in [0.15, 0.2) is 23.8 Å². The Labute approximate surface area is 155 Å². The molecule has 140 valence electrons. The predicted octanol–water partition coefficient (Wildman–Crippen LogP) is 3.80. The number of carbonyl (C=O) groups excluding carboxylic acids is 3. The van der Waals surface area contributed by atoms with E-state index in [1.54, 1.807) is 19.1 Å². The maximum atomic E-state index is 12.5. The van der Waals surface area contributed by atoms with Gasteiger partial charge < -0.3 is 4.74 Å². The van der Waals surface area contributed by atoms with Crippen molar-refractivity contribution in [1.82, 2.24) is 0 Å². The number of ketones is 2. The van der Waals surface area contributed by atoms with Gasteiger partial charge in [-0.15, -0.1) is 0 Å². The molecule has 4 heteroatoms. The van der Waals surface area contributed by atoms with Crippen LogP contribution in [0.1, 0.15) is 58.8 Å². The van der Waals surface area contributed by atoms with Gasteiger partial charge in [-0.05, 0) is 62.0 Å². The summed E-state index contributed by atoms with van der Waals surface area (Å²) in [5, 5.41) is 0. The Morgan fingerprint density at radius 2 is 2.00 bits per heavy atom. The number of ether oxygens (including phenoxy) is 1. The molecular formula is C22H28O4. The molecule has 0 amide bonds. The lowest BCUT2D eigenvalue weighted by Crippen LogP contribution is -2.52. The van der Waals surface area contributed by atoms with Crippen molar-refractivity contribution in [2.75, 3.05) is 6.61 Å². The van der Waals surface area contributed by atoms with Gasteiger partial charge in [-0.3, -0.25) is 14.4 Å². The second-order valence-electron chi connectivity index (χ2n) is 8.79. The van der Waals surface area contributed by atoms with Gasteiger partial charge in [0.1, 0.15) is 12.4 Å². The normalized spacial score (nSPS) is 41.2. The first-order valence-corrected chi connectivity index (χ1v) is 10.0. The van der Waals surface area contributed by atoms with Gasteiger partial charge in [-0.2, -0.15) is 0 Å². The summed E-state index contributed by atoms with van der Waals surface area (Å²) >= 11 is 0. The zero-order valence-corrected chi connectivity index (χ0v) is 15.8. The van der Waals surface area contributed by atoms with Gasteiger partial charge in [0.2, 0.25) is 0 Å². The SMILES string of the molecule is CCC(=O)OC[C@]12C=CC(=O)C=C1CC[C@@H]1[C@H]2CC[C@]2(C)C(=O)CC[C@@H]12. The standard InChI is InChI=1S/C22H28O4/c1-3-20(25)26-13-22-11-8-15(23)12-14(22)4-5-16-17-6-7-19(24)21(17,2)10-9-18(16)22/h8,11-12,16-18H,3-7,9-10,13H2,1-2H3/t16-,17-,18+,21-,22+/m0/s1. The van der Waals surface area contributed by atoms with Crippen molar-refractivity contribution in [3.63, 3.8) is 0 Å². The third-order valence-electron chi connectivity index (χ3n) is 7.77. The minimum atomic E-state index is -0.353. The Morgan fingerprint density at radius 3 is 2.77 bits per heavy atom. The molecular weight excluding hydrogens is 328 g/mol. The summed E-state index contributed by atoms with van der Waals surface area (Å²) in [5.74, 6) is 1.52. The summed E-state index contributed by atoms with van der Waals surface area (Å²) in [6, 6.07) is 0. The Hall–Kier alpha value is -1.71. The molecule has 4 aliphatic carbocycles. The zero-order chi connectivity index (χ0) is 18.5. The molecule has 0 radical (unpaired) electrons. The quantitative estimate of drug-likeness (QED) is 0.722. The van der Waals surface area contributed by atoms with Crippen molar-refractivity contribution >= 4 is 17.5 Å². The number of Topliss-reactive ketones (excluding diaryl/α,β-unsaturated/α-hetero) is 1. The molecule has 4 rings (SSSR count). The lowest BCUT2D eigenvalue weighted by atomic mass is 9.48. The predicted molar refractivity (Wildman–Crippen MR) is 97.2 cm³/mol. The van der Waals surface area contributed by atoms with Gasteiger partial charge in [0.05, 0.1) is 0 Å². The molecule has 0 aliphatic heterocycles. The number of allylic oxidation sites excluding steroid dienone is 2. The first-order chi connectivity index (χ1) is 12.4. The molecule has 3 saturated carbocycles. The molecule has 0 heterocycles. The van der Waals surface area contributed by atoms with Crippen LogP contribution in [0.25, 0.3) is 0 Å².